The van der Waals surface area contributed by atoms with E-state index in [4.69, 9.17) is 10.3 Å². The standard InChI is InChI=1S/C16H21N3O/c1-12-10-19(8-7-15(12)17)11-14-9-16(18-20-14)13-5-3-2-4-6-13/h2-6,9,12,15H,7-8,10-11,17H2,1H3. The highest BCUT2D eigenvalue weighted by molar-refractivity contribution is 5.58. The fraction of sp³-hybridized carbons (Fsp3) is 0.438. The number of nitrogens with zero attached hydrogens (tertiary/aromatic N) is 2. The van der Waals surface area contributed by atoms with E-state index in [-0.39, 0.29) is 0 Å². The highest BCUT2D eigenvalue weighted by atomic mass is 16.5. The number of hydrogen-bond donors (Lipinski definition) is 1. The molecule has 1 aromatic carbocycles. The zero-order valence-electron chi connectivity index (χ0n) is 11.8. The van der Waals surface area contributed by atoms with E-state index in [0.29, 0.717) is 12.0 Å². The summed E-state index contributed by atoms with van der Waals surface area (Å²) in [5.41, 5.74) is 8.05. The van der Waals surface area contributed by atoms with Crippen LogP contribution < -0.4 is 5.73 Å². The minimum Gasteiger partial charge on any atom is -0.359 e. The molecule has 0 bridgehead atoms. The van der Waals surface area contributed by atoms with Gasteiger partial charge < -0.3 is 10.3 Å². The Morgan fingerprint density at radius 1 is 1.35 bits per heavy atom. The van der Waals surface area contributed by atoms with Crippen molar-refractivity contribution in [2.45, 2.75) is 25.9 Å². The maximum absolute atomic E-state index is 6.05. The molecule has 1 aromatic heterocycles. The molecule has 2 N–H and O–H groups in total. The van der Waals surface area contributed by atoms with Crippen molar-refractivity contribution in [1.29, 1.82) is 0 Å². The van der Waals surface area contributed by atoms with Crippen LogP contribution in [0.3, 0.4) is 0 Å². The van der Waals surface area contributed by atoms with Crippen LogP contribution in [0.5, 0.6) is 0 Å². The molecule has 0 spiro atoms. The van der Waals surface area contributed by atoms with Gasteiger partial charge in [-0.2, -0.15) is 0 Å². The highest BCUT2D eigenvalue weighted by Gasteiger charge is 2.23. The Balaban J connectivity index is 1.66. The van der Waals surface area contributed by atoms with Crippen molar-refractivity contribution >= 4 is 0 Å². The normalized spacial score (nSPS) is 23.9. The summed E-state index contributed by atoms with van der Waals surface area (Å²) >= 11 is 0. The number of aromatic nitrogens is 1. The van der Waals surface area contributed by atoms with E-state index in [9.17, 15) is 0 Å². The van der Waals surface area contributed by atoms with Gasteiger partial charge in [-0.25, -0.2) is 0 Å². The molecule has 0 amide bonds. The predicted octanol–water partition coefficient (Wildman–Crippen LogP) is 2.51. The molecule has 106 valence electrons. The number of hydrogen-bond acceptors (Lipinski definition) is 4. The van der Waals surface area contributed by atoms with Gasteiger partial charge in [0.25, 0.3) is 0 Å². The monoisotopic (exact) mass is 271 g/mol. The molecule has 2 aromatic rings. The minimum absolute atomic E-state index is 0.334. The Kier molecular flexibility index (Phi) is 3.85. The Labute approximate surface area is 119 Å². The molecule has 1 fully saturated rings. The smallest absolute Gasteiger partial charge is 0.151 e. The summed E-state index contributed by atoms with van der Waals surface area (Å²) in [6.07, 6.45) is 1.06. The number of benzene rings is 1. The van der Waals surface area contributed by atoms with Crippen LogP contribution >= 0.6 is 0 Å². The molecule has 0 aliphatic carbocycles. The number of rotatable bonds is 3. The summed E-state index contributed by atoms with van der Waals surface area (Å²) in [7, 11) is 0. The first-order valence-corrected chi connectivity index (χ1v) is 7.21. The molecule has 20 heavy (non-hydrogen) atoms. The molecule has 1 aliphatic heterocycles. The summed E-state index contributed by atoms with van der Waals surface area (Å²) in [6, 6.07) is 12.5. The highest BCUT2D eigenvalue weighted by Crippen LogP contribution is 2.21. The van der Waals surface area contributed by atoms with E-state index in [1.165, 1.54) is 0 Å². The lowest BCUT2D eigenvalue weighted by molar-refractivity contribution is 0.144. The third-order valence-electron chi connectivity index (χ3n) is 4.06. The van der Waals surface area contributed by atoms with Crippen LogP contribution in [0.25, 0.3) is 11.3 Å². The van der Waals surface area contributed by atoms with Crippen molar-refractivity contribution in [3.63, 3.8) is 0 Å². The van der Waals surface area contributed by atoms with E-state index in [2.05, 4.69) is 17.0 Å². The third kappa shape index (κ3) is 2.92. The fourth-order valence-electron chi connectivity index (χ4n) is 2.75. The number of likely N-dealkylation sites (tertiary alicyclic amines) is 1. The van der Waals surface area contributed by atoms with Crippen LogP contribution in [0.2, 0.25) is 0 Å². The molecule has 0 saturated carbocycles. The molecule has 1 aliphatic rings. The maximum Gasteiger partial charge on any atom is 0.151 e. The number of piperidine rings is 1. The van der Waals surface area contributed by atoms with Gasteiger partial charge in [-0.3, -0.25) is 4.90 Å². The average molecular weight is 271 g/mol. The van der Waals surface area contributed by atoms with Crippen molar-refractivity contribution < 1.29 is 4.52 Å². The van der Waals surface area contributed by atoms with Crippen LogP contribution in [-0.2, 0) is 6.54 Å². The molecule has 4 nitrogen and oxygen atoms in total. The maximum atomic E-state index is 6.05. The molecule has 0 radical (unpaired) electrons. The second-order valence-electron chi connectivity index (χ2n) is 5.71. The lowest BCUT2D eigenvalue weighted by Gasteiger charge is -2.34. The molecule has 2 atom stereocenters. The van der Waals surface area contributed by atoms with Gasteiger partial charge in [0, 0.05) is 30.8 Å². The van der Waals surface area contributed by atoms with Gasteiger partial charge in [0.2, 0.25) is 0 Å². The van der Waals surface area contributed by atoms with Crippen molar-refractivity contribution in [3.8, 4) is 11.3 Å². The van der Waals surface area contributed by atoms with Gasteiger partial charge >= 0.3 is 0 Å². The SMILES string of the molecule is CC1CN(Cc2cc(-c3ccccc3)no2)CCC1N. The second kappa shape index (κ2) is 5.77. The van der Waals surface area contributed by atoms with Crippen LogP contribution in [0.4, 0.5) is 0 Å². The quantitative estimate of drug-likeness (QED) is 0.932. The van der Waals surface area contributed by atoms with Gasteiger partial charge in [0.05, 0.1) is 6.54 Å². The van der Waals surface area contributed by atoms with Crippen molar-refractivity contribution in [3.05, 3.63) is 42.2 Å². The molecule has 3 rings (SSSR count). The topological polar surface area (TPSA) is 55.3 Å². The lowest BCUT2D eigenvalue weighted by Crippen LogP contribution is -2.45. The van der Waals surface area contributed by atoms with Crippen LogP contribution in [0.15, 0.2) is 40.9 Å². The summed E-state index contributed by atoms with van der Waals surface area (Å²) in [4.78, 5) is 2.39. The average Bonchev–Trinajstić information content (AvgIpc) is 2.92. The molecule has 4 heteroatoms. The Hall–Kier alpha value is -1.65. The molecular weight excluding hydrogens is 250 g/mol. The van der Waals surface area contributed by atoms with Crippen LogP contribution in [0, 0.1) is 5.92 Å². The van der Waals surface area contributed by atoms with E-state index in [1.807, 2.05) is 36.4 Å². The Morgan fingerprint density at radius 2 is 2.15 bits per heavy atom. The fourth-order valence-corrected chi connectivity index (χ4v) is 2.75. The summed E-state index contributed by atoms with van der Waals surface area (Å²) in [5.74, 6) is 1.46. The van der Waals surface area contributed by atoms with E-state index in [1.54, 1.807) is 0 Å². The lowest BCUT2D eigenvalue weighted by atomic mass is 9.95. The molecule has 2 heterocycles. The van der Waals surface area contributed by atoms with E-state index >= 15 is 0 Å². The first kappa shape index (κ1) is 13.3. The van der Waals surface area contributed by atoms with Crippen molar-refractivity contribution in [2.24, 2.45) is 11.7 Å². The van der Waals surface area contributed by atoms with Gasteiger partial charge in [0.1, 0.15) is 5.69 Å². The third-order valence-corrected chi connectivity index (χ3v) is 4.06. The zero-order chi connectivity index (χ0) is 13.9. The summed E-state index contributed by atoms with van der Waals surface area (Å²) in [6.45, 7) is 5.10. The Bertz CT molecular complexity index is 552. The van der Waals surface area contributed by atoms with Crippen LogP contribution in [0.1, 0.15) is 19.1 Å². The zero-order valence-corrected chi connectivity index (χ0v) is 11.8. The van der Waals surface area contributed by atoms with Gasteiger partial charge in [-0.1, -0.05) is 42.4 Å². The molecule has 2 unspecified atom stereocenters. The van der Waals surface area contributed by atoms with Crippen LogP contribution in [-0.4, -0.2) is 29.2 Å². The minimum atomic E-state index is 0.334. The van der Waals surface area contributed by atoms with Gasteiger partial charge in [0.15, 0.2) is 5.76 Å². The molecular formula is C16H21N3O. The Morgan fingerprint density at radius 3 is 2.90 bits per heavy atom. The number of nitrogens with two attached hydrogens (primary N) is 1. The van der Waals surface area contributed by atoms with E-state index < -0.39 is 0 Å². The summed E-state index contributed by atoms with van der Waals surface area (Å²) in [5, 5.41) is 4.16. The van der Waals surface area contributed by atoms with Crippen molar-refractivity contribution in [1.82, 2.24) is 10.1 Å². The largest absolute Gasteiger partial charge is 0.359 e. The first-order chi connectivity index (χ1) is 9.72. The van der Waals surface area contributed by atoms with E-state index in [0.717, 1.165) is 43.1 Å². The van der Waals surface area contributed by atoms with Crippen molar-refractivity contribution in [2.75, 3.05) is 13.1 Å². The molecule has 1 saturated heterocycles. The van der Waals surface area contributed by atoms with Gasteiger partial charge in [-0.15, -0.1) is 0 Å². The second-order valence-corrected chi connectivity index (χ2v) is 5.71. The predicted molar refractivity (Wildman–Crippen MR) is 79.0 cm³/mol. The summed E-state index contributed by atoms with van der Waals surface area (Å²) < 4.78 is 5.46. The first-order valence-electron chi connectivity index (χ1n) is 7.21. The van der Waals surface area contributed by atoms with Gasteiger partial charge in [-0.05, 0) is 12.3 Å².